The third-order valence-corrected chi connectivity index (χ3v) is 10.3. The van der Waals surface area contributed by atoms with Gasteiger partial charge in [-0.2, -0.15) is 0 Å². The summed E-state index contributed by atoms with van der Waals surface area (Å²) in [6.45, 7) is 3.72. The first-order valence-corrected chi connectivity index (χ1v) is 23.3. The van der Waals surface area contributed by atoms with Crippen molar-refractivity contribution in [1.82, 2.24) is 0 Å². The van der Waals surface area contributed by atoms with Crippen LogP contribution in [0.2, 0.25) is 0 Å². The number of phosphoric acid groups is 1. The van der Waals surface area contributed by atoms with E-state index in [1.807, 2.05) is 0 Å². The Bertz CT molecular complexity index is 928. The number of allylic oxidation sites excluding steroid dienone is 4. The van der Waals surface area contributed by atoms with Crippen LogP contribution in [-0.4, -0.2) is 49.3 Å². The summed E-state index contributed by atoms with van der Waals surface area (Å²) in [6.07, 6.45) is 42.0. The Labute approximate surface area is 325 Å². The highest BCUT2D eigenvalue weighted by atomic mass is 31.2. The summed E-state index contributed by atoms with van der Waals surface area (Å²) in [7, 11) is -4.37. The van der Waals surface area contributed by atoms with E-state index >= 15 is 0 Å². The molecule has 2 atom stereocenters. The normalized spacial score (nSPS) is 13.5. The third-order valence-electron chi connectivity index (χ3n) is 9.34. The largest absolute Gasteiger partial charge is 0.472 e. The molecule has 0 aromatic rings. The summed E-state index contributed by atoms with van der Waals surface area (Å²) in [6, 6.07) is 0. The summed E-state index contributed by atoms with van der Waals surface area (Å²) < 4.78 is 32.8. The van der Waals surface area contributed by atoms with Gasteiger partial charge in [0.2, 0.25) is 0 Å². The van der Waals surface area contributed by atoms with Crippen LogP contribution < -0.4 is 5.73 Å². The molecule has 312 valence electrons. The Balaban J connectivity index is 4.11. The van der Waals surface area contributed by atoms with Gasteiger partial charge in [0.05, 0.1) is 13.2 Å². The first-order valence-electron chi connectivity index (χ1n) is 21.8. The smallest absolute Gasteiger partial charge is 0.462 e. The zero-order valence-corrected chi connectivity index (χ0v) is 35.2. The third kappa shape index (κ3) is 40.0. The summed E-state index contributed by atoms with van der Waals surface area (Å²) in [5.41, 5.74) is 5.34. The average Bonchev–Trinajstić information content (AvgIpc) is 3.14. The fourth-order valence-corrected chi connectivity index (χ4v) is 6.84. The molecule has 0 saturated heterocycles. The summed E-state index contributed by atoms with van der Waals surface area (Å²) >= 11 is 0. The zero-order chi connectivity index (χ0) is 38.9. The van der Waals surface area contributed by atoms with Crippen molar-refractivity contribution in [3.05, 3.63) is 24.3 Å². The second kappa shape index (κ2) is 40.2. The molecule has 53 heavy (non-hydrogen) atoms. The van der Waals surface area contributed by atoms with E-state index in [1.54, 1.807) is 0 Å². The Morgan fingerprint density at radius 2 is 0.981 bits per heavy atom. The number of nitrogens with two attached hydrogens (primary N) is 1. The van der Waals surface area contributed by atoms with Gasteiger partial charge in [-0.05, 0) is 44.9 Å². The molecule has 0 aliphatic heterocycles. The number of rotatable bonds is 41. The standard InChI is InChI=1S/C43H82NO8P/c1-3-5-7-9-11-13-15-17-18-19-20-21-22-24-25-27-29-31-33-35-42(45)49-39-41(40-51-53(47,48)50-38-37-44)52-43(46)36-34-32-30-28-26-23-16-14-12-10-8-6-4-2/h11,13,17-18,41H,3-10,12,14-16,19-40,44H2,1-2H3,(H,47,48)/b13-11+,18-17+/t41-/m0/s1. The minimum atomic E-state index is -4.37. The highest BCUT2D eigenvalue weighted by Gasteiger charge is 2.26. The zero-order valence-electron chi connectivity index (χ0n) is 34.3. The highest BCUT2D eigenvalue weighted by molar-refractivity contribution is 7.47. The number of esters is 2. The molecule has 0 aromatic carbocycles. The second-order valence-corrected chi connectivity index (χ2v) is 16.0. The maximum atomic E-state index is 12.6. The molecule has 0 radical (unpaired) electrons. The molecule has 0 heterocycles. The molecule has 3 N–H and O–H groups in total. The van der Waals surface area contributed by atoms with Crippen molar-refractivity contribution < 1.29 is 37.6 Å². The summed E-state index contributed by atoms with van der Waals surface area (Å²) in [5.74, 6) is -0.826. The SMILES string of the molecule is CCCCC/C=C/C/C=C/CCCCCCCCCCCC(=O)OC[C@@H](COP(=O)(O)OCCN)OC(=O)CCCCCCCCCCCCCCC. The van der Waals surface area contributed by atoms with E-state index in [1.165, 1.54) is 135 Å². The fourth-order valence-electron chi connectivity index (χ4n) is 6.08. The minimum absolute atomic E-state index is 0.0546. The average molecular weight is 772 g/mol. The lowest BCUT2D eigenvalue weighted by Gasteiger charge is -2.19. The molecule has 0 rings (SSSR count). The molecule has 0 saturated carbocycles. The summed E-state index contributed by atoms with van der Waals surface area (Å²) in [4.78, 5) is 34.8. The predicted molar refractivity (Wildman–Crippen MR) is 220 cm³/mol. The first kappa shape index (κ1) is 51.5. The monoisotopic (exact) mass is 772 g/mol. The molecular formula is C43H82NO8P. The lowest BCUT2D eigenvalue weighted by Crippen LogP contribution is -2.29. The van der Waals surface area contributed by atoms with Gasteiger partial charge in [-0.3, -0.25) is 18.6 Å². The first-order chi connectivity index (χ1) is 25.8. The van der Waals surface area contributed by atoms with Gasteiger partial charge in [-0.1, -0.05) is 173 Å². The number of hydrogen-bond acceptors (Lipinski definition) is 8. The van der Waals surface area contributed by atoms with Crippen LogP contribution in [0, 0.1) is 0 Å². The van der Waals surface area contributed by atoms with Gasteiger partial charge in [0.15, 0.2) is 6.10 Å². The molecular weight excluding hydrogens is 689 g/mol. The van der Waals surface area contributed by atoms with Crippen LogP contribution in [-0.2, 0) is 32.7 Å². The van der Waals surface area contributed by atoms with Crippen LogP contribution >= 0.6 is 7.82 Å². The quantitative estimate of drug-likeness (QED) is 0.0269. The van der Waals surface area contributed by atoms with Crippen molar-refractivity contribution in [2.24, 2.45) is 5.73 Å². The molecule has 10 heteroatoms. The number of carbonyl (C=O) groups is 2. The molecule has 9 nitrogen and oxygen atoms in total. The van der Waals surface area contributed by atoms with E-state index in [0.717, 1.165) is 38.5 Å². The Hall–Kier alpha value is -1.51. The topological polar surface area (TPSA) is 134 Å². The van der Waals surface area contributed by atoms with E-state index in [2.05, 4.69) is 38.2 Å². The van der Waals surface area contributed by atoms with E-state index in [-0.39, 0.29) is 38.6 Å². The molecule has 0 aliphatic carbocycles. The van der Waals surface area contributed by atoms with Crippen molar-refractivity contribution >= 4 is 19.8 Å². The molecule has 0 aromatic heterocycles. The van der Waals surface area contributed by atoms with E-state index < -0.39 is 26.5 Å². The van der Waals surface area contributed by atoms with Crippen molar-refractivity contribution in [2.75, 3.05) is 26.4 Å². The van der Waals surface area contributed by atoms with Crippen LogP contribution in [0.1, 0.15) is 206 Å². The van der Waals surface area contributed by atoms with Crippen LogP contribution in [0.4, 0.5) is 0 Å². The Kier molecular flexibility index (Phi) is 39.0. The van der Waals surface area contributed by atoms with Crippen molar-refractivity contribution in [3.8, 4) is 0 Å². The number of phosphoric ester groups is 1. The van der Waals surface area contributed by atoms with Gasteiger partial charge >= 0.3 is 19.8 Å². The van der Waals surface area contributed by atoms with E-state index in [0.29, 0.717) is 6.42 Å². The van der Waals surface area contributed by atoms with Crippen molar-refractivity contribution in [3.63, 3.8) is 0 Å². The van der Waals surface area contributed by atoms with Crippen molar-refractivity contribution in [1.29, 1.82) is 0 Å². The fraction of sp³-hybridized carbons (Fsp3) is 0.860. The lowest BCUT2D eigenvalue weighted by molar-refractivity contribution is -0.161. The van der Waals surface area contributed by atoms with Crippen molar-refractivity contribution in [2.45, 2.75) is 213 Å². The molecule has 0 spiro atoms. The maximum Gasteiger partial charge on any atom is 0.472 e. The second-order valence-electron chi connectivity index (χ2n) is 14.6. The maximum absolute atomic E-state index is 12.6. The van der Waals surface area contributed by atoms with Gasteiger partial charge < -0.3 is 20.1 Å². The Morgan fingerprint density at radius 3 is 1.47 bits per heavy atom. The Morgan fingerprint density at radius 1 is 0.566 bits per heavy atom. The molecule has 0 bridgehead atoms. The molecule has 0 fully saturated rings. The van der Waals surface area contributed by atoms with E-state index in [9.17, 15) is 19.0 Å². The van der Waals surface area contributed by atoms with Crippen LogP contribution in [0.15, 0.2) is 24.3 Å². The number of hydrogen-bond donors (Lipinski definition) is 2. The van der Waals surface area contributed by atoms with Gasteiger partial charge in [0.25, 0.3) is 0 Å². The molecule has 1 unspecified atom stereocenters. The minimum Gasteiger partial charge on any atom is -0.462 e. The van der Waals surface area contributed by atoms with Gasteiger partial charge in [0, 0.05) is 19.4 Å². The highest BCUT2D eigenvalue weighted by Crippen LogP contribution is 2.43. The van der Waals surface area contributed by atoms with Crippen LogP contribution in [0.3, 0.4) is 0 Å². The number of carbonyl (C=O) groups excluding carboxylic acids is 2. The molecule has 0 aliphatic rings. The molecule has 0 amide bonds. The summed E-state index contributed by atoms with van der Waals surface area (Å²) in [5, 5.41) is 0. The van der Waals surface area contributed by atoms with E-state index in [4.69, 9.17) is 24.3 Å². The number of unbranched alkanes of at least 4 members (excludes halogenated alkanes) is 24. The lowest BCUT2D eigenvalue weighted by atomic mass is 10.0. The van der Waals surface area contributed by atoms with Gasteiger partial charge in [-0.25, -0.2) is 4.57 Å². The van der Waals surface area contributed by atoms with Gasteiger partial charge in [0.1, 0.15) is 6.61 Å². The number of ether oxygens (including phenoxy) is 2. The predicted octanol–water partition coefficient (Wildman–Crippen LogP) is 12.4. The van der Waals surface area contributed by atoms with Gasteiger partial charge in [-0.15, -0.1) is 0 Å². The van der Waals surface area contributed by atoms with Crippen LogP contribution in [0.5, 0.6) is 0 Å². The van der Waals surface area contributed by atoms with Crippen LogP contribution in [0.25, 0.3) is 0 Å².